The molecular weight excluding hydrogens is 294 g/mol. The summed E-state index contributed by atoms with van der Waals surface area (Å²) >= 11 is 0. The third kappa shape index (κ3) is 3.60. The number of nitrogens with one attached hydrogen (secondary N) is 1. The van der Waals surface area contributed by atoms with Crippen LogP contribution in [0.5, 0.6) is 0 Å². The summed E-state index contributed by atoms with van der Waals surface area (Å²) in [6.45, 7) is 1.51. The maximum absolute atomic E-state index is 12.0. The van der Waals surface area contributed by atoms with Crippen molar-refractivity contribution in [3.05, 3.63) is 48.3 Å². The van der Waals surface area contributed by atoms with Crippen molar-refractivity contribution in [2.75, 3.05) is 4.72 Å². The van der Waals surface area contributed by atoms with Crippen LogP contribution in [0.4, 0.5) is 5.69 Å². The topological polar surface area (TPSA) is 101 Å². The van der Waals surface area contributed by atoms with Crippen molar-refractivity contribution in [3.8, 4) is 0 Å². The van der Waals surface area contributed by atoms with Crippen LogP contribution in [0.2, 0.25) is 0 Å². The minimum absolute atomic E-state index is 0.348. The summed E-state index contributed by atoms with van der Waals surface area (Å²) in [6.07, 6.45) is 3.38. The lowest BCUT2D eigenvalue weighted by atomic mass is 10.2. The molecular formula is C13H15N3O4S. The molecule has 1 atom stereocenters. The molecule has 0 aliphatic rings. The lowest BCUT2D eigenvalue weighted by Gasteiger charge is -2.14. The lowest BCUT2D eigenvalue weighted by molar-refractivity contribution is -0.136. The van der Waals surface area contributed by atoms with Gasteiger partial charge in [0, 0.05) is 12.4 Å². The molecule has 1 heterocycles. The first-order valence-corrected chi connectivity index (χ1v) is 7.74. The van der Waals surface area contributed by atoms with E-state index in [0.29, 0.717) is 17.8 Å². The molecule has 0 saturated carbocycles. The first kappa shape index (κ1) is 15.0. The highest BCUT2D eigenvalue weighted by Crippen LogP contribution is 2.19. The Labute approximate surface area is 122 Å². The molecule has 1 unspecified atom stereocenters. The van der Waals surface area contributed by atoms with Gasteiger partial charge in [0.2, 0.25) is 10.0 Å². The van der Waals surface area contributed by atoms with E-state index in [0.717, 1.165) is 6.92 Å². The molecule has 8 heteroatoms. The zero-order chi connectivity index (χ0) is 15.5. The summed E-state index contributed by atoms with van der Waals surface area (Å²) < 4.78 is 27.9. The highest BCUT2D eigenvalue weighted by molar-refractivity contribution is 7.94. The minimum Gasteiger partial charge on any atom is -0.480 e. The summed E-state index contributed by atoms with van der Waals surface area (Å²) in [5, 5.41) is 11.4. The van der Waals surface area contributed by atoms with Gasteiger partial charge in [-0.25, -0.2) is 8.42 Å². The van der Waals surface area contributed by atoms with Crippen LogP contribution < -0.4 is 4.72 Å². The van der Waals surface area contributed by atoms with Gasteiger partial charge in [-0.2, -0.15) is 5.10 Å². The third-order valence-corrected chi connectivity index (χ3v) is 4.61. The number of carbonyl (C=O) groups is 1. The summed E-state index contributed by atoms with van der Waals surface area (Å²) in [7, 11) is -3.99. The number of aliphatic carboxylic acids is 1. The van der Waals surface area contributed by atoms with Crippen molar-refractivity contribution in [2.24, 2.45) is 0 Å². The highest BCUT2D eigenvalue weighted by Gasteiger charge is 2.28. The van der Waals surface area contributed by atoms with Gasteiger partial charge in [0.15, 0.2) is 5.25 Å². The number of para-hydroxylation sites is 1. The van der Waals surface area contributed by atoms with Gasteiger partial charge in [0.25, 0.3) is 0 Å². The second kappa shape index (κ2) is 5.96. The second-order valence-corrected chi connectivity index (χ2v) is 6.49. The molecule has 0 aliphatic carbocycles. The van der Waals surface area contributed by atoms with Crippen molar-refractivity contribution >= 4 is 21.7 Å². The van der Waals surface area contributed by atoms with Crippen molar-refractivity contribution in [2.45, 2.75) is 18.7 Å². The molecule has 1 aromatic heterocycles. The zero-order valence-corrected chi connectivity index (χ0v) is 12.1. The van der Waals surface area contributed by atoms with E-state index in [-0.39, 0.29) is 0 Å². The first-order valence-electron chi connectivity index (χ1n) is 6.20. The lowest BCUT2D eigenvalue weighted by Crippen LogP contribution is -2.32. The van der Waals surface area contributed by atoms with Crippen molar-refractivity contribution in [1.82, 2.24) is 9.78 Å². The Morgan fingerprint density at radius 2 is 2.10 bits per heavy atom. The Morgan fingerprint density at radius 1 is 1.38 bits per heavy atom. The second-order valence-electron chi connectivity index (χ2n) is 4.49. The number of benzene rings is 1. The standard InChI is InChI=1S/C13H15N3O4S/c1-10(13(17)18)21(19,20)15-12-6-3-2-5-11(12)9-16-8-4-7-14-16/h2-8,10,15H,9H2,1H3,(H,17,18). The van der Waals surface area contributed by atoms with Gasteiger partial charge in [-0.15, -0.1) is 0 Å². The summed E-state index contributed by atoms with van der Waals surface area (Å²) in [5.41, 5.74) is 1.04. The molecule has 2 N–H and O–H groups in total. The average Bonchev–Trinajstić information content (AvgIpc) is 2.92. The quantitative estimate of drug-likeness (QED) is 0.833. The van der Waals surface area contributed by atoms with Crippen molar-refractivity contribution < 1.29 is 18.3 Å². The third-order valence-electron chi connectivity index (χ3n) is 2.97. The highest BCUT2D eigenvalue weighted by atomic mass is 32.2. The van der Waals surface area contributed by atoms with Crippen molar-refractivity contribution in [1.29, 1.82) is 0 Å². The number of carboxylic acid groups (broad SMARTS) is 1. The Balaban J connectivity index is 2.27. The number of rotatable bonds is 6. The number of nitrogens with zero attached hydrogens (tertiary/aromatic N) is 2. The average molecular weight is 309 g/mol. The number of anilines is 1. The normalized spacial score (nSPS) is 12.8. The van der Waals surface area contributed by atoms with Crippen LogP contribution in [0.1, 0.15) is 12.5 Å². The van der Waals surface area contributed by atoms with Crippen molar-refractivity contribution in [3.63, 3.8) is 0 Å². The van der Waals surface area contributed by atoms with Gasteiger partial charge in [-0.05, 0) is 24.6 Å². The van der Waals surface area contributed by atoms with E-state index in [9.17, 15) is 13.2 Å². The van der Waals surface area contributed by atoms with Crippen LogP contribution in [-0.2, 0) is 21.4 Å². The SMILES string of the molecule is CC(C(=O)O)S(=O)(=O)Nc1ccccc1Cn1cccn1. The van der Waals surface area contributed by atoms with E-state index < -0.39 is 21.2 Å². The van der Waals surface area contributed by atoms with Gasteiger partial charge in [0.05, 0.1) is 12.2 Å². The maximum Gasteiger partial charge on any atom is 0.323 e. The Morgan fingerprint density at radius 3 is 2.71 bits per heavy atom. The van der Waals surface area contributed by atoms with Gasteiger partial charge < -0.3 is 5.11 Å². The molecule has 0 saturated heterocycles. The molecule has 0 amide bonds. The van der Waals surface area contributed by atoms with E-state index in [1.165, 1.54) is 0 Å². The molecule has 1 aromatic carbocycles. The molecule has 7 nitrogen and oxygen atoms in total. The summed E-state index contributed by atoms with van der Waals surface area (Å²) in [6, 6.07) is 8.56. The van der Waals surface area contributed by atoms with Crippen LogP contribution in [-0.4, -0.2) is 34.5 Å². The summed E-state index contributed by atoms with van der Waals surface area (Å²) in [5.74, 6) is -1.40. The summed E-state index contributed by atoms with van der Waals surface area (Å²) in [4.78, 5) is 10.8. The van der Waals surface area contributed by atoms with E-state index >= 15 is 0 Å². The fraction of sp³-hybridized carbons (Fsp3) is 0.231. The minimum atomic E-state index is -3.99. The van der Waals surface area contributed by atoms with Crippen LogP contribution in [0.3, 0.4) is 0 Å². The van der Waals surface area contributed by atoms with Gasteiger partial charge in [-0.1, -0.05) is 18.2 Å². The Kier molecular flexibility index (Phi) is 4.27. The van der Waals surface area contributed by atoms with E-state index in [4.69, 9.17) is 5.11 Å². The molecule has 0 spiro atoms. The Hall–Kier alpha value is -2.35. The number of hydrogen-bond acceptors (Lipinski definition) is 4. The van der Waals surface area contributed by atoms with Crippen LogP contribution in [0.15, 0.2) is 42.7 Å². The molecule has 2 rings (SSSR count). The molecule has 0 bridgehead atoms. The number of carboxylic acids is 1. The van der Waals surface area contributed by atoms with Crippen LogP contribution in [0, 0.1) is 0 Å². The molecule has 21 heavy (non-hydrogen) atoms. The Bertz CT molecular complexity index is 726. The van der Waals surface area contributed by atoms with Gasteiger partial charge in [-0.3, -0.25) is 14.2 Å². The molecule has 2 aromatic rings. The smallest absolute Gasteiger partial charge is 0.323 e. The van der Waals surface area contributed by atoms with Gasteiger partial charge in [0.1, 0.15) is 0 Å². The monoisotopic (exact) mass is 309 g/mol. The fourth-order valence-electron chi connectivity index (χ4n) is 1.70. The predicted octanol–water partition coefficient (Wildman–Crippen LogP) is 1.15. The zero-order valence-electron chi connectivity index (χ0n) is 11.3. The number of aromatic nitrogens is 2. The molecule has 0 fully saturated rings. The first-order chi connectivity index (χ1) is 9.90. The molecule has 0 aliphatic heterocycles. The molecule has 0 radical (unpaired) electrons. The van der Waals surface area contributed by atoms with E-state index in [1.807, 2.05) is 0 Å². The predicted molar refractivity (Wildman–Crippen MR) is 77.4 cm³/mol. The number of hydrogen-bond donors (Lipinski definition) is 2. The van der Waals surface area contributed by atoms with Gasteiger partial charge >= 0.3 is 5.97 Å². The largest absolute Gasteiger partial charge is 0.480 e. The van der Waals surface area contributed by atoms with E-state index in [2.05, 4.69) is 9.82 Å². The number of sulfonamides is 1. The maximum atomic E-state index is 12.0. The van der Waals surface area contributed by atoms with Crippen LogP contribution >= 0.6 is 0 Å². The van der Waals surface area contributed by atoms with E-state index in [1.54, 1.807) is 47.4 Å². The van der Waals surface area contributed by atoms with Crippen LogP contribution in [0.25, 0.3) is 0 Å². The fourth-order valence-corrected chi connectivity index (χ4v) is 2.65. The molecule has 112 valence electrons.